The first-order chi connectivity index (χ1) is 27.2. The molecule has 3 N–H and O–H groups in total. The summed E-state index contributed by atoms with van der Waals surface area (Å²) in [4.78, 5) is 16.3. The minimum absolute atomic E-state index is 0.0100. The maximum Gasteiger partial charge on any atom is 0.241 e. The van der Waals surface area contributed by atoms with E-state index < -0.39 is 28.3 Å². The van der Waals surface area contributed by atoms with Crippen molar-refractivity contribution in [2.24, 2.45) is 0 Å². The van der Waals surface area contributed by atoms with Crippen LogP contribution in [-0.2, 0) is 48.6 Å². The molecule has 5 aromatic carbocycles. The molecule has 0 aromatic heterocycles. The molecule has 0 bridgehead atoms. The number of hydrogen-bond acceptors (Lipinski definition) is 8. The first-order valence-corrected chi connectivity index (χ1v) is 20.6. The lowest BCUT2D eigenvalue weighted by Gasteiger charge is -2.39. The van der Waals surface area contributed by atoms with Crippen molar-refractivity contribution in [3.63, 3.8) is 0 Å². The van der Waals surface area contributed by atoms with Gasteiger partial charge in [0.2, 0.25) is 15.9 Å². The van der Waals surface area contributed by atoms with Gasteiger partial charge in [-0.05, 0) is 58.9 Å². The standard InChI is InChI=1S/C45H49N3O7S/c1-32-11-21-40(22-12-32)56(51,52)47-42(27-33-7-3-2-4-8-33)44(50)46-29-38-9-5-6-10-41(38)35-17-19-37(20-18-35)45-54-39(30-48-23-25-53-26-24-48)28-43(55-45)36-15-13-34(31-49)14-16-36/h2-22,39,42-43,45,47,49H,23-31H2,1H3,(H,46,50). The van der Waals surface area contributed by atoms with E-state index in [1.165, 1.54) is 0 Å². The molecule has 0 aliphatic carbocycles. The zero-order chi connectivity index (χ0) is 38.9. The Hall–Kier alpha value is -4.72. The average Bonchev–Trinajstić information content (AvgIpc) is 3.23. The first kappa shape index (κ1) is 39.5. The van der Waals surface area contributed by atoms with Crippen LogP contribution in [0.4, 0.5) is 0 Å². The number of rotatable bonds is 14. The van der Waals surface area contributed by atoms with E-state index in [2.05, 4.69) is 14.9 Å². The Morgan fingerprint density at radius 3 is 2.20 bits per heavy atom. The lowest BCUT2D eigenvalue weighted by Crippen LogP contribution is -2.47. The number of aliphatic hydroxyl groups excluding tert-OH is 1. The summed E-state index contributed by atoms with van der Waals surface area (Å²) in [7, 11) is -3.97. The van der Waals surface area contributed by atoms with Gasteiger partial charge in [-0.25, -0.2) is 8.42 Å². The second-order valence-corrected chi connectivity index (χ2v) is 16.2. The van der Waals surface area contributed by atoms with Gasteiger partial charge >= 0.3 is 0 Å². The van der Waals surface area contributed by atoms with Gasteiger partial charge < -0.3 is 24.6 Å². The maximum atomic E-state index is 13.8. The molecule has 4 unspecified atom stereocenters. The van der Waals surface area contributed by atoms with Crippen LogP contribution < -0.4 is 10.0 Å². The van der Waals surface area contributed by atoms with Gasteiger partial charge in [0.05, 0.1) is 36.9 Å². The van der Waals surface area contributed by atoms with Crippen LogP contribution in [0.2, 0.25) is 0 Å². The fraction of sp³-hybridized carbons (Fsp3) is 0.311. The summed E-state index contributed by atoms with van der Waals surface area (Å²) in [6, 6.07) is 38.8. The Kier molecular flexibility index (Phi) is 13.0. The molecule has 11 heteroatoms. The predicted molar refractivity (Wildman–Crippen MR) is 215 cm³/mol. The van der Waals surface area contributed by atoms with Crippen molar-refractivity contribution in [3.8, 4) is 11.1 Å². The first-order valence-electron chi connectivity index (χ1n) is 19.1. The largest absolute Gasteiger partial charge is 0.392 e. The van der Waals surface area contributed by atoms with Gasteiger partial charge in [-0.15, -0.1) is 0 Å². The molecule has 4 atom stereocenters. The lowest BCUT2D eigenvalue weighted by molar-refractivity contribution is -0.253. The molecule has 5 aromatic rings. The molecule has 2 aliphatic rings. The number of sulfonamides is 1. The van der Waals surface area contributed by atoms with Crippen LogP contribution in [0.15, 0.2) is 132 Å². The number of nitrogens with zero attached hydrogens (tertiary/aromatic N) is 1. The zero-order valence-electron chi connectivity index (χ0n) is 31.5. The van der Waals surface area contributed by atoms with E-state index in [4.69, 9.17) is 14.2 Å². The van der Waals surface area contributed by atoms with E-state index in [1.807, 2.05) is 110 Å². The molecule has 0 spiro atoms. The molecular weight excluding hydrogens is 727 g/mol. The molecule has 1 amide bonds. The number of amides is 1. The molecule has 292 valence electrons. The minimum atomic E-state index is -3.97. The third-order valence-corrected chi connectivity index (χ3v) is 11.9. The lowest BCUT2D eigenvalue weighted by atomic mass is 9.97. The summed E-state index contributed by atoms with van der Waals surface area (Å²) in [6.07, 6.45) is 0.0949. The summed E-state index contributed by atoms with van der Waals surface area (Å²) < 4.78 is 48.2. The third kappa shape index (κ3) is 10.2. The second-order valence-electron chi connectivity index (χ2n) is 14.4. The molecular formula is C45H49N3O7S. The van der Waals surface area contributed by atoms with Gasteiger partial charge in [0.1, 0.15) is 6.04 Å². The number of carbonyl (C=O) groups is 1. The van der Waals surface area contributed by atoms with Gasteiger partial charge in [0.25, 0.3) is 0 Å². The molecule has 2 saturated heterocycles. The monoisotopic (exact) mass is 775 g/mol. The van der Waals surface area contributed by atoms with Crippen LogP contribution in [0.1, 0.15) is 52.2 Å². The topological polar surface area (TPSA) is 126 Å². The van der Waals surface area contributed by atoms with Gasteiger partial charge in [0, 0.05) is 38.2 Å². The molecule has 2 aliphatic heterocycles. The number of nitrogens with one attached hydrogen (secondary N) is 2. The van der Waals surface area contributed by atoms with E-state index in [-0.39, 0.29) is 36.7 Å². The highest BCUT2D eigenvalue weighted by Gasteiger charge is 2.33. The number of ether oxygens (including phenoxy) is 3. The van der Waals surface area contributed by atoms with Crippen LogP contribution in [0.3, 0.4) is 0 Å². The van der Waals surface area contributed by atoms with Crippen molar-refractivity contribution in [3.05, 3.63) is 161 Å². The normalized spacial score (nSPS) is 19.6. The number of benzene rings is 5. The smallest absolute Gasteiger partial charge is 0.241 e. The average molecular weight is 776 g/mol. The fourth-order valence-corrected chi connectivity index (χ4v) is 8.39. The third-order valence-electron chi connectivity index (χ3n) is 10.4. The quantitative estimate of drug-likeness (QED) is 0.121. The van der Waals surface area contributed by atoms with E-state index in [1.54, 1.807) is 24.3 Å². The van der Waals surface area contributed by atoms with Gasteiger partial charge in [-0.3, -0.25) is 9.69 Å². The highest BCUT2D eigenvalue weighted by atomic mass is 32.2. The van der Waals surface area contributed by atoms with Crippen LogP contribution in [0, 0.1) is 6.92 Å². The Labute approximate surface area is 329 Å². The van der Waals surface area contributed by atoms with Crippen LogP contribution in [0.25, 0.3) is 11.1 Å². The number of hydrogen-bond donors (Lipinski definition) is 3. The number of morpholine rings is 1. The number of aliphatic hydroxyl groups is 1. The molecule has 56 heavy (non-hydrogen) atoms. The Balaban J connectivity index is 1.06. The van der Waals surface area contributed by atoms with Gasteiger partial charge in [-0.2, -0.15) is 4.72 Å². The van der Waals surface area contributed by atoms with Crippen molar-refractivity contribution >= 4 is 15.9 Å². The molecule has 2 heterocycles. The summed E-state index contributed by atoms with van der Waals surface area (Å²) >= 11 is 0. The van der Waals surface area contributed by atoms with Gasteiger partial charge in [-0.1, -0.05) is 121 Å². The Bertz CT molecular complexity index is 2140. The van der Waals surface area contributed by atoms with E-state index in [0.717, 1.165) is 64.1 Å². The molecule has 7 rings (SSSR count). The molecule has 10 nitrogen and oxygen atoms in total. The van der Waals surface area contributed by atoms with Gasteiger partial charge in [0.15, 0.2) is 6.29 Å². The summed E-state index contributed by atoms with van der Waals surface area (Å²) in [6.45, 7) is 6.02. The van der Waals surface area contributed by atoms with E-state index in [0.29, 0.717) is 19.6 Å². The van der Waals surface area contributed by atoms with E-state index >= 15 is 0 Å². The summed E-state index contributed by atoms with van der Waals surface area (Å²) in [5.41, 5.74) is 7.35. The van der Waals surface area contributed by atoms with Crippen molar-refractivity contribution in [2.45, 2.75) is 62.4 Å². The van der Waals surface area contributed by atoms with Crippen LogP contribution >= 0.6 is 0 Å². The number of carbonyl (C=O) groups excluding carboxylic acids is 1. The number of aryl methyl sites for hydroxylation is 1. The van der Waals surface area contributed by atoms with Crippen molar-refractivity contribution in [1.29, 1.82) is 0 Å². The van der Waals surface area contributed by atoms with Crippen molar-refractivity contribution < 1.29 is 32.5 Å². The summed E-state index contributed by atoms with van der Waals surface area (Å²) in [5, 5.41) is 12.6. The second kappa shape index (κ2) is 18.5. The zero-order valence-corrected chi connectivity index (χ0v) is 32.4. The minimum Gasteiger partial charge on any atom is -0.392 e. The van der Waals surface area contributed by atoms with Crippen molar-refractivity contribution in [2.75, 3.05) is 32.8 Å². The molecule has 0 saturated carbocycles. The van der Waals surface area contributed by atoms with Crippen LogP contribution in [0.5, 0.6) is 0 Å². The van der Waals surface area contributed by atoms with E-state index in [9.17, 15) is 18.3 Å². The van der Waals surface area contributed by atoms with Crippen molar-refractivity contribution in [1.82, 2.24) is 14.9 Å². The highest BCUT2D eigenvalue weighted by molar-refractivity contribution is 7.89. The molecule has 2 fully saturated rings. The highest BCUT2D eigenvalue weighted by Crippen LogP contribution is 2.39. The van der Waals surface area contributed by atoms with Crippen LogP contribution in [-0.4, -0.2) is 69.3 Å². The SMILES string of the molecule is Cc1ccc(S(=O)(=O)NC(Cc2ccccc2)C(=O)NCc2ccccc2-c2ccc(C3OC(CN4CCOCC4)CC(c4ccc(CO)cc4)O3)cc2)cc1. The fourth-order valence-electron chi connectivity index (χ4n) is 7.20. The Morgan fingerprint density at radius 2 is 1.48 bits per heavy atom. The summed E-state index contributed by atoms with van der Waals surface area (Å²) in [5.74, 6) is -0.423. The maximum absolute atomic E-state index is 13.8. The Morgan fingerprint density at radius 1 is 0.804 bits per heavy atom. The predicted octanol–water partition coefficient (Wildman–Crippen LogP) is 6.24. The molecule has 0 radical (unpaired) electrons.